The Kier molecular flexibility index (Phi) is 4.57. The lowest BCUT2D eigenvalue weighted by atomic mass is 10.1. The molecule has 2 aliphatic heterocycles. The fourth-order valence-electron chi connectivity index (χ4n) is 2.75. The lowest BCUT2D eigenvalue weighted by Crippen LogP contribution is -2.40. The molecule has 1 atom stereocenters. The number of rotatable bonds is 4. The van der Waals surface area contributed by atoms with Crippen LogP contribution < -0.4 is 10.2 Å². The number of benzene rings is 1. The topological polar surface area (TPSA) is 58.6 Å². The molecular formula is C16H22N2O3S. The van der Waals surface area contributed by atoms with E-state index in [0.29, 0.717) is 13.1 Å². The Morgan fingerprint density at radius 2 is 2.09 bits per heavy atom. The van der Waals surface area contributed by atoms with E-state index in [2.05, 4.69) is 16.3 Å². The molecule has 0 radical (unpaired) electrons. The third kappa shape index (κ3) is 3.94. The van der Waals surface area contributed by atoms with Gasteiger partial charge in [0.15, 0.2) is 9.84 Å². The van der Waals surface area contributed by atoms with E-state index in [1.165, 1.54) is 0 Å². The molecule has 0 bridgehead atoms. The molecule has 2 aliphatic rings. The Hall–Kier alpha value is -1.69. The van der Waals surface area contributed by atoms with E-state index in [-0.39, 0.29) is 17.6 Å². The van der Waals surface area contributed by atoms with Gasteiger partial charge in [0, 0.05) is 24.5 Å². The molecule has 120 valence electrons. The Morgan fingerprint density at radius 1 is 1.27 bits per heavy atom. The van der Waals surface area contributed by atoms with Crippen LogP contribution in [-0.2, 0) is 14.6 Å². The molecule has 0 unspecified atom stereocenters. The van der Waals surface area contributed by atoms with Crippen molar-refractivity contribution in [1.29, 1.82) is 0 Å². The number of hydrogen-bond donors (Lipinski definition) is 1. The summed E-state index contributed by atoms with van der Waals surface area (Å²) in [6, 6.07) is 8.14. The average Bonchev–Trinajstić information content (AvgIpc) is 2.54. The van der Waals surface area contributed by atoms with E-state index in [1.807, 2.05) is 24.3 Å². The predicted molar refractivity (Wildman–Crippen MR) is 89.0 cm³/mol. The van der Waals surface area contributed by atoms with Gasteiger partial charge in [-0.25, -0.2) is 8.42 Å². The zero-order valence-electron chi connectivity index (χ0n) is 12.6. The lowest BCUT2D eigenvalue weighted by Gasteiger charge is -2.29. The van der Waals surface area contributed by atoms with Crippen molar-refractivity contribution >= 4 is 21.2 Å². The maximum absolute atomic E-state index is 11.5. The number of hydrogen-bond acceptors (Lipinski definition) is 5. The molecule has 0 amide bonds. The monoisotopic (exact) mass is 322 g/mol. The number of allylic oxidation sites excluding steroid dienone is 1. The summed E-state index contributed by atoms with van der Waals surface area (Å²) in [4.78, 5) is 2.13. The summed E-state index contributed by atoms with van der Waals surface area (Å²) in [6.45, 7) is 1.92. The molecule has 2 heterocycles. The summed E-state index contributed by atoms with van der Waals surface area (Å²) >= 11 is 0. The molecule has 0 aromatic heterocycles. The predicted octanol–water partition coefficient (Wildman–Crippen LogP) is 2.03. The molecule has 1 aromatic rings. The second kappa shape index (κ2) is 6.60. The van der Waals surface area contributed by atoms with Crippen LogP contribution in [0.5, 0.6) is 0 Å². The van der Waals surface area contributed by atoms with Crippen molar-refractivity contribution in [3.8, 4) is 0 Å². The minimum atomic E-state index is -2.84. The van der Waals surface area contributed by atoms with Gasteiger partial charge in [0.2, 0.25) is 0 Å². The van der Waals surface area contributed by atoms with E-state index in [4.69, 9.17) is 4.74 Å². The van der Waals surface area contributed by atoms with Gasteiger partial charge in [0.25, 0.3) is 0 Å². The van der Waals surface area contributed by atoms with E-state index >= 15 is 0 Å². The zero-order chi connectivity index (χ0) is 15.4. The largest absolute Gasteiger partial charge is 0.497 e. The third-order valence-corrected chi connectivity index (χ3v) is 5.72. The highest BCUT2D eigenvalue weighted by Crippen LogP contribution is 2.22. The smallest absolute Gasteiger partial charge is 0.153 e. The van der Waals surface area contributed by atoms with E-state index in [0.717, 1.165) is 30.8 Å². The summed E-state index contributed by atoms with van der Waals surface area (Å²) in [5, 5.41) is 3.41. The van der Waals surface area contributed by atoms with Crippen LogP contribution in [0, 0.1) is 0 Å². The minimum absolute atomic E-state index is 0.216. The zero-order valence-corrected chi connectivity index (χ0v) is 13.4. The third-order valence-electron chi connectivity index (χ3n) is 4.11. The van der Waals surface area contributed by atoms with E-state index in [1.54, 1.807) is 6.26 Å². The van der Waals surface area contributed by atoms with Crippen LogP contribution in [0.25, 0.3) is 0 Å². The van der Waals surface area contributed by atoms with Crippen LogP contribution in [0.2, 0.25) is 0 Å². The van der Waals surface area contributed by atoms with Crippen molar-refractivity contribution in [3.05, 3.63) is 36.6 Å². The molecule has 1 fully saturated rings. The van der Waals surface area contributed by atoms with Crippen LogP contribution in [0.1, 0.15) is 12.8 Å². The van der Waals surface area contributed by atoms with Gasteiger partial charge in [-0.2, -0.15) is 0 Å². The Balaban J connectivity index is 1.59. The number of nitrogens with zero attached hydrogens (tertiary/aromatic N) is 1. The van der Waals surface area contributed by atoms with Crippen molar-refractivity contribution in [2.24, 2.45) is 0 Å². The first-order valence-corrected chi connectivity index (χ1v) is 9.54. The average molecular weight is 322 g/mol. The van der Waals surface area contributed by atoms with E-state index < -0.39 is 9.84 Å². The highest BCUT2D eigenvalue weighted by atomic mass is 32.2. The van der Waals surface area contributed by atoms with Crippen molar-refractivity contribution in [2.75, 3.05) is 41.4 Å². The molecule has 5 nitrogen and oxygen atoms in total. The minimum Gasteiger partial charge on any atom is -0.497 e. The quantitative estimate of drug-likeness (QED) is 0.919. The summed E-state index contributed by atoms with van der Waals surface area (Å²) in [5.41, 5.74) is 2.12. The van der Waals surface area contributed by atoms with Crippen LogP contribution in [0.3, 0.4) is 0 Å². The first-order chi connectivity index (χ1) is 10.6. The molecule has 22 heavy (non-hydrogen) atoms. The SMILES string of the molecule is O=S1(=O)CCN(c2cccc(NC[C@H]3CCC=CO3)c2)CC1. The Morgan fingerprint density at radius 3 is 2.82 bits per heavy atom. The van der Waals surface area contributed by atoms with Crippen molar-refractivity contribution in [3.63, 3.8) is 0 Å². The standard InChI is InChI=1S/C16H22N2O3S/c19-22(20)10-7-18(8-11-22)15-5-3-4-14(12-15)17-13-16-6-1-2-9-21-16/h2-5,9,12,16-17H,1,6-8,10-11,13H2/t16-/m1/s1. The number of nitrogens with one attached hydrogen (secondary N) is 1. The number of anilines is 2. The second-order valence-corrected chi connectivity index (χ2v) is 8.08. The molecule has 0 spiro atoms. The Bertz CT molecular complexity index is 629. The van der Waals surface area contributed by atoms with Crippen LogP contribution in [0.15, 0.2) is 36.6 Å². The lowest BCUT2D eigenvalue weighted by molar-refractivity contribution is 0.135. The molecule has 3 rings (SSSR count). The van der Waals surface area contributed by atoms with Crippen molar-refractivity contribution in [2.45, 2.75) is 18.9 Å². The van der Waals surface area contributed by atoms with Crippen molar-refractivity contribution in [1.82, 2.24) is 0 Å². The molecule has 6 heteroatoms. The van der Waals surface area contributed by atoms with Gasteiger partial charge < -0.3 is 15.0 Å². The fraction of sp³-hybridized carbons (Fsp3) is 0.500. The highest BCUT2D eigenvalue weighted by molar-refractivity contribution is 7.91. The maximum Gasteiger partial charge on any atom is 0.153 e. The first-order valence-electron chi connectivity index (χ1n) is 7.72. The van der Waals surface area contributed by atoms with Gasteiger partial charge in [0.1, 0.15) is 6.10 Å². The summed E-state index contributed by atoms with van der Waals surface area (Å²) < 4.78 is 28.6. The molecule has 1 saturated heterocycles. The molecular weight excluding hydrogens is 300 g/mol. The molecule has 0 aliphatic carbocycles. The van der Waals surface area contributed by atoms with Crippen LogP contribution >= 0.6 is 0 Å². The van der Waals surface area contributed by atoms with Gasteiger partial charge >= 0.3 is 0 Å². The highest BCUT2D eigenvalue weighted by Gasteiger charge is 2.21. The van der Waals surface area contributed by atoms with Gasteiger partial charge in [-0.1, -0.05) is 6.07 Å². The van der Waals surface area contributed by atoms with Crippen molar-refractivity contribution < 1.29 is 13.2 Å². The normalized spacial score (nSPS) is 23.8. The number of sulfone groups is 1. The second-order valence-electron chi connectivity index (χ2n) is 5.78. The van der Waals surface area contributed by atoms with Gasteiger partial charge in [-0.15, -0.1) is 0 Å². The molecule has 1 N–H and O–H groups in total. The van der Waals surface area contributed by atoms with Crippen LogP contribution in [0.4, 0.5) is 11.4 Å². The Labute approximate surface area is 131 Å². The fourth-order valence-corrected chi connectivity index (χ4v) is 3.95. The summed E-state index contributed by atoms with van der Waals surface area (Å²) in [7, 11) is -2.84. The van der Waals surface area contributed by atoms with E-state index in [9.17, 15) is 8.42 Å². The van der Waals surface area contributed by atoms with Gasteiger partial charge in [-0.05, 0) is 37.1 Å². The summed E-state index contributed by atoms with van der Waals surface area (Å²) in [5.74, 6) is 0.486. The summed E-state index contributed by atoms with van der Waals surface area (Å²) in [6.07, 6.45) is 6.14. The van der Waals surface area contributed by atoms with Gasteiger partial charge in [0.05, 0.1) is 24.3 Å². The molecule has 1 aromatic carbocycles. The number of ether oxygens (including phenoxy) is 1. The molecule has 0 saturated carbocycles. The first kappa shape index (κ1) is 15.2. The van der Waals surface area contributed by atoms with Gasteiger partial charge in [-0.3, -0.25) is 0 Å². The maximum atomic E-state index is 11.5. The van der Waals surface area contributed by atoms with Crippen LogP contribution in [-0.4, -0.2) is 45.7 Å².